The van der Waals surface area contributed by atoms with Crippen molar-refractivity contribution < 1.29 is 22.8 Å². The third-order valence-electron chi connectivity index (χ3n) is 6.51. The molecule has 1 aliphatic carbocycles. The summed E-state index contributed by atoms with van der Waals surface area (Å²) in [4.78, 5) is 35.8. The maximum atomic E-state index is 13.1. The van der Waals surface area contributed by atoms with Gasteiger partial charge in [-0.25, -0.2) is 9.97 Å². The summed E-state index contributed by atoms with van der Waals surface area (Å²) in [6, 6.07) is 14.2. The number of alkyl halides is 3. The number of carbonyl (C=O) groups is 2. The minimum Gasteiger partial charge on any atom is -0.353 e. The molecule has 9 heteroatoms. The molecule has 2 atom stereocenters. The van der Waals surface area contributed by atoms with E-state index in [1.54, 1.807) is 6.20 Å². The van der Waals surface area contributed by atoms with Crippen molar-refractivity contribution in [2.24, 2.45) is 5.92 Å². The molecule has 1 saturated heterocycles. The van der Waals surface area contributed by atoms with Gasteiger partial charge in [0.25, 0.3) is 0 Å². The van der Waals surface area contributed by atoms with Crippen molar-refractivity contribution in [3.05, 3.63) is 77.6 Å². The zero-order valence-corrected chi connectivity index (χ0v) is 18.8. The number of hydrogen-bond acceptors (Lipinski definition) is 4. The summed E-state index contributed by atoms with van der Waals surface area (Å²) in [5, 5.41) is 3.02. The van der Waals surface area contributed by atoms with Gasteiger partial charge in [0.2, 0.25) is 11.8 Å². The quantitative estimate of drug-likeness (QED) is 0.608. The van der Waals surface area contributed by atoms with Crippen LogP contribution in [0.3, 0.4) is 0 Å². The summed E-state index contributed by atoms with van der Waals surface area (Å²) >= 11 is 0. The molecule has 2 amide bonds. The van der Waals surface area contributed by atoms with Gasteiger partial charge >= 0.3 is 6.18 Å². The summed E-state index contributed by atoms with van der Waals surface area (Å²) in [5.74, 6) is -0.565. The second-order valence-corrected chi connectivity index (χ2v) is 8.93. The standard InChI is InChI=1S/C26H23F3N4O2/c27-26(28,29)19-7-4-8-21(13-19)33-15-18(12-23(33)34)25(35)31-20-9-10-22-17(11-20)14-30-24(32-22)16-5-2-1-3-6-16/h1-8,13-14,18,20H,9-12,15H2,(H,31,35)/t18-,20+/m0/s1. The van der Waals surface area contributed by atoms with Crippen molar-refractivity contribution in [1.29, 1.82) is 0 Å². The van der Waals surface area contributed by atoms with Crippen LogP contribution in [0.2, 0.25) is 0 Å². The van der Waals surface area contributed by atoms with Crippen LogP contribution in [0.5, 0.6) is 0 Å². The van der Waals surface area contributed by atoms with Gasteiger partial charge < -0.3 is 10.2 Å². The Balaban J connectivity index is 1.22. The van der Waals surface area contributed by atoms with Crippen LogP contribution >= 0.6 is 0 Å². The summed E-state index contributed by atoms with van der Waals surface area (Å²) in [7, 11) is 0. The molecular formula is C26H23F3N4O2. The number of halogens is 3. The van der Waals surface area contributed by atoms with Crippen molar-refractivity contribution in [2.45, 2.75) is 37.9 Å². The Hall–Kier alpha value is -3.75. The molecule has 0 radical (unpaired) electrons. The van der Waals surface area contributed by atoms with Crippen molar-refractivity contribution in [3.63, 3.8) is 0 Å². The summed E-state index contributed by atoms with van der Waals surface area (Å²) in [5.41, 5.74) is 2.22. The highest BCUT2D eigenvalue weighted by molar-refractivity contribution is 6.00. The van der Waals surface area contributed by atoms with Crippen LogP contribution in [0.25, 0.3) is 11.4 Å². The summed E-state index contributed by atoms with van der Waals surface area (Å²) < 4.78 is 39.2. The number of nitrogens with one attached hydrogen (secondary N) is 1. The number of aryl methyl sites for hydroxylation is 1. The average molecular weight is 480 g/mol. The van der Waals surface area contributed by atoms with Crippen molar-refractivity contribution in [2.75, 3.05) is 11.4 Å². The first kappa shape index (κ1) is 23.0. The molecule has 0 saturated carbocycles. The van der Waals surface area contributed by atoms with E-state index >= 15 is 0 Å². The first-order valence-corrected chi connectivity index (χ1v) is 11.5. The normalized spacial score (nSPS) is 20.0. The maximum Gasteiger partial charge on any atom is 0.416 e. The van der Waals surface area contributed by atoms with Crippen LogP contribution in [0.1, 0.15) is 29.7 Å². The average Bonchev–Trinajstić information content (AvgIpc) is 3.25. The van der Waals surface area contributed by atoms with Crippen LogP contribution in [-0.4, -0.2) is 34.4 Å². The Morgan fingerprint density at radius 3 is 2.63 bits per heavy atom. The molecule has 2 aromatic carbocycles. The van der Waals surface area contributed by atoms with Crippen molar-refractivity contribution in [3.8, 4) is 11.4 Å². The molecule has 5 rings (SSSR count). The number of anilines is 1. The summed E-state index contributed by atoms with van der Waals surface area (Å²) in [6.07, 6.45) is -0.733. The molecule has 2 heterocycles. The molecule has 1 fully saturated rings. The number of hydrogen-bond donors (Lipinski definition) is 1. The third kappa shape index (κ3) is 4.89. The largest absolute Gasteiger partial charge is 0.416 e. The van der Waals surface area contributed by atoms with Crippen LogP contribution in [-0.2, 0) is 28.6 Å². The van der Waals surface area contributed by atoms with Crippen LogP contribution in [0.4, 0.5) is 18.9 Å². The van der Waals surface area contributed by atoms with Gasteiger partial charge in [-0.15, -0.1) is 0 Å². The summed E-state index contributed by atoms with van der Waals surface area (Å²) in [6.45, 7) is 0.0544. The lowest BCUT2D eigenvalue weighted by atomic mass is 9.92. The molecule has 180 valence electrons. The molecule has 3 aromatic rings. The van der Waals surface area contributed by atoms with Gasteiger partial charge in [0, 0.05) is 42.1 Å². The monoisotopic (exact) mass is 480 g/mol. The molecule has 0 spiro atoms. The third-order valence-corrected chi connectivity index (χ3v) is 6.51. The van der Waals surface area contributed by atoms with E-state index in [-0.39, 0.29) is 36.5 Å². The lowest BCUT2D eigenvalue weighted by Crippen LogP contribution is -2.42. The number of amides is 2. The Morgan fingerprint density at radius 1 is 1.06 bits per heavy atom. The Morgan fingerprint density at radius 2 is 1.86 bits per heavy atom. The van der Waals surface area contributed by atoms with Gasteiger partial charge in [-0.1, -0.05) is 36.4 Å². The lowest BCUT2D eigenvalue weighted by molar-refractivity contribution is -0.137. The number of fused-ring (bicyclic) bond motifs is 1. The second-order valence-electron chi connectivity index (χ2n) is 8.93. The molecule has 6 nitrogen and oxygen atoms in total. The fraction of sp³-hybridized carbons (Fsp3) is 0.308. The topological polar surface area (TPSA) is 75.2 Å². The Labute approximate surface area is 200 Å². The van der Waals surface area contributed by atoms with Gasteiger partial charge in [-0.2, -0.15) is 13.2 Å². The molecule has 35 heavy (non-hydrogen) atoms. The Bertz CT molecular complexity index is 1260. The van der Waals surface area contributed by atoms with Crippen LogP contribution in [0, 0.1) is 5.92 Å². The highest BCUT2D eigenvalue weighted by atomic mass is 19.4. The molecule has 1 aliphatic heterocycles. The number of aromatic nitrogens is 2. The van der Waals surface area contributed by atoms with E-state index in [4.69, 9.17) is 4.98 Å². The highest BCUT2D eigenvalue weighted by Gasteiger charge is 2.37. The van der Waals surface area contributed by atoms with E-state index in [1.807, 2.05) is 30.3 Å². The fourth-order valence-electron chi connectivity index (χ4n) is 4.66. The van der Waals surface area contributed by atoms with E-state index in [9.17, 15) is 22.8 Å². The highest BCUT2D eigenvalue weighted by Crippen LogP contribution is 2.33. The van der Waals surface area contributed by atoms with Crippen LogP contribution < -0.4 is 10.2 Å². The van der Waals surface area contributed by atoms with Gasteiger partial charge in [-0.3, -0.25) is 9.59 Å². The van der Waals surface area contributed by atoms with Gasteiger partial charge in [0.1, 0.15) is 0 Å². The number of benzene rings is 2. The number of rotatable bonds is 4. The predicted octanol–water partition coefficient (Wildman–Crippen LogP) is 4.19. The Kier molecular flexibility index (Phi) is 6.00. The van der Waals surface area contributed by atoms with E-state index in [0.717, 1.165) is 29.0 Å². The molecule has 1 N–H and O–H groups in total. The number of nitrogens with zero attached hydrogens (tertiary/aromatic N) is 3. The minimum absolute atomic E-state index is 0.0328. The van der Waals surface area contributed by atoms with Gasteiger partial charge in [0.05, 0.1) is 11.5 Å². The molecule has 2 aliphatic rings. The van der Waals surface area contributed by atoms with Gasteiger partial charge in [-0.05, 0) is 43.0 Å². The predicted molar refractivity (Wildman–Crippen MR) is 123 cm³/mol. The smallest absolute Gasteiger partial charge is 0.353 e. The van der Waals surface area contributed by atoms with E-state index in [2.05, 4.69) is 10.3 Å². The van der Waals surface area contributed by atoms with E-state index in [1.165, 1.54) is 17.0 Å². The number of carbonyl (C=O) groups excluding carboxylic acids is 2. The van der Waals surface area contributed by atoms with E-state index in [0.29, 0.717) is 25.1 Å². The second kappa shape index (κ2) is 9.13. The maximum absolute atomic E-state index is 13.1. The van der Waals surface area contributed by atoms with Gasteiger partial charge in [0.15, 0.2) is 5.82 Å². The van der Waals surface area contributed by atoms with Crippen molar-refractivity contribution >= 4 is 17.5 Å². The molecule has 1 aromatic heterocycles. The first-order valence-electron chi connectivity index (χ1n) is 11.5. The lowest BCUT2D eigenvalue weighted by Gasteiger charge is -2.26. The minimum atomic E-state index is -4.50. The zero-order valence-electron chi connectivity index (χ0n) is 18.8. The molecule has 0 unspecified atom stereocenters. The SMILES string of the molecule is O=C(N[C@@H]1CCc2nc(-c3ccccc3)ncc2C1)[C@H]1CC(=O)N(c2cccc(C(F)(F)F)c2)C1. The van der Waals surface area contributed by atoms with Crippen LogP contribution in [0.15, 0.2) is 60.8 Å². The molecular weight excluding hydrogens is 457 g/mol. The van der Waals surface area contributed by atoms with Crippen molar-refractivity contribution in [1.82, 2.24) is 15.3 Å². The van der Waals surface area contributed by atoms with E-state index < -0.39 is 17.7 Å². The molecule has 0 bridgehead atoms. The fourth-order valence-corrected chi connectivity index (χ4v) is 4.66. The zero-order chi connectivity index (χ0) is 24.6. The first-order chi connectivity index (χ1) is 16.8.